The Morgan fingerprint density at radius 2 is 2.13 bits per heavy atom. The van der Waals surface area contributed by atoms with Crippen molar-refractivity contribution in [1.29, 1.82) is 5.26 Å². The first kappa shape index (κ1) is 12.5. The highest BCUT2D eigenvalue weighted by molar-refractivity contribution is 4.96. The Kier molecular flexibility index (Phi) is 4.16. The van der Waals surface area contributed by atoms with Crippen LogP contribution in [0.4, 0.5) is 0 Å². The molecule has 0 aliphatic carbocycles. The van der Waals surface area contributed by atoms with Crippen LogP contribution in [0.25, 0.3) is 0 Å². The second-order valence-corrected chi connectivity index (χ2v) is 5.80. The average molecular weight is 208 g/mol. The molecule has 1 aliphatic rings. The molecule has 1 saturated heterocycles. The van der Waals surface area contributed by atoms with Crippen LogP contribution in [0.1, 0.15) is 47.0 Å². The highest BCUT2D eigenvalue weighted by Gasteiger charge is 2.34. The van der Waals surface area contributed by atoms with E-state index in [9.17, 15) is 0 Å². The molecule has 86 valence electrons. The lowest BCUT2D eigenvalue weighted by Crippen LogP contribution is -2.50. The molecule has 0 radical (unpaired) electrons. The van der Waals surface area contributed by atoms with E-state index in [1.807, 2.05) is 0 Å². The van der Waals surface area contributed by atoms with Gasteiger partial charge in [0, 0.05) is 11.5 Å². The van der Waals surface area contributed by atoms with E-state index in [-0.39, 0.29) is 11.5 Å². The molecule has 0 saturated carbocycles. The summed E-state index contributed by atoms with van der Waals surface area (Å²) < 4.78 is 0. The van der Waals surface area contributed by atoms with E-state index in [1.54, 1.807) is 0 Å². The Balaban J connectivity index is 2.49. The SMILES string of the molecule is CC(C)CCN1CCC(C#N)CC1(C)C. The van der Waals surface area contributed by atoms with Gasteiger partial charge < -0.3 is 0 Å². The molecular formula is C13H24N2. The molecular weight excluding hydrogens is 184 g/mol. The van der Waals surface area contributed by atoms with Crippen LogP contribution in [0.3, 0.4) is 0 Å². The fraction of sp³-hybridized carbons (Fsp3) is 0.923. The molecule has 0 bridgehead atoms. The largest absolute Gasteiger partial charge is 0.298 e. The average Bonchev–Trinajstić information content (AvgIpc) is 2.14. The third kappa shape index (κ3) is 3.50. The Morgan fingerprint density at radius 3 is 2.60 bits per heavy atom. The summed E-state index contributed by atoms with van der Waals surface area (Å²) in [6.45, 7) is 11.4. The van der Waals surface area contributed by atoms with Crippen LogP contribution in [0.2, 0.25) is 0 Å². The lowest BCUT2D eigenvalue weighted by molar-refractivity contribution is 0.0561. The predicted molar refractivity (Wildman–Crippen MR) is 63.4 cm³/mol. The number of nitrogens with zero attached hydrogens (tertiary/aromatic N) is 2. The minimum absolute atomic E-state index is 0.216. The lowest BCUT2D eigenvalue weighted by atomic mass is 9.83. The number of piperidine rings is 1. The fourth-order valence-electron chi connectivity index (χ4n) is 2.39. The summed E-state index contributed by atoms with van der Waals surface area (Å²) in [5.41, 5.74) is 0.216. The second kappa shape index (κ2) is 4.99. The summed E-state index contributed by atoms with van der Waals surface area (Å²) in [4.78, 5) is 2.56. The molecule has 1 aliphatic heterocycles. The number of hydrogen-bond donors (Lipinski definition) is 0. The molecule has 0 spiro atoms. The third-order valence-electron chi connectivity index (χ3n) is 3.51. The summed E-state index contributed by atoms with van der Waals surface area (Å²) in [5, 5.41) is 8.96. The zero-order valence-electron chi connectivity index (χ0n) is 10.6. The standard InChI is InChI=1S/C13H24N2/c1-11(2)5-7-15-8-6-12(10-14)9-13(15,3)4/h11-12H,5-9H2,1-4H3. The van der Waals surface area contributed by atoms with Gasteiger partial charge in [-0.3, -0.25) is 4.90 Å². The van der Waals surface area contributed by atoms with Crippen molar-refractivity contribution in [3.8, 4) is 6.07 Å². The normalized spacial score (nSPS) is 26.5. The van der Waals surface area contributed by atoms with E-state index in [2.05, 4.69) is 38.7 Å². The maximum Gasteiger partial charge on any atom is 0.0657 e. The van der Waals surface area contributed by atoms with Gasteiger partial charge in [0.1, 0.15) is 0 Å². The van der Waals surface area contributed by atoms with Crippen molar-refractivity contribution >= 4 is 0 Å². The number of hydrogen-bond acceptors (Lipinski definition) is 2. The molecule has 0 N–H and O–H groups in total. The molecule has 1 fully saturated rings. The van der Waals surface area contributed by atoms with E-state index in [1.165, 1.54) is 13.0 Å². The maximum atomic E-state index is 8.96. The number of nitriles is 1. The molecule has 2 heteroatoms. The van der Waals surface area contributed by atoms with E-state index in [0.29, 0.717) is 0 Å². The van der Waals surface area contributed by atoms with Crippen molar-refractivity contribution in [3.05, 3.63) is 0 Å². The Bertz CT molecular complexity index is 237. The van der Waals surface area contributed by atoms with Crippen LogP contribution in [-0.4, -0.2) is 23.5 Å². The van der Waals surface area contributed by atoms with Crippen LogP contribution in [0, 0.1) is 23.2 Å². The molecule has 15 heavy (non-hydrogen) atoms. The first-order valence-electron chi connectivity index (χ1n) is 6.10. The van der Waals surface area contributed by atoms with Crippen molar-refractivity contribution in [3.63, 3.8) is 0 Å². The minimum Gasteiger partial charge on any atom is -0.298 e. The highest BCUT2D eigenvalue weighted by atomic mass is 15.2. The zero-order chi connectivity index (χ0) is 11.5. The molecule has 0 aromatic carbocycles. The van der Waals surface area contributed by atoms with Gasteiger partial charge in [0.05, 0.1) is 6.07 Å². The number of rotatable bonds is 3. The van der Waals surface area contributed by atoms with Crippen molar-refractivity contribution in [1.82, 2.24) is 4.90 Å². The molecule has 1 rings (SSSR count). The summed E-state index contributed by atoms with van der Waals surface area (Å²) in [5.74, 6) is 1.05. The molecule has 2 nitrogen and oxygen atoms in total. The van der Waals surface area contributed by atoms with Gasteiger partial charge in [0.25, 0.3) is 0 Å². The van der Waals surface area contributed by atoms with E-state index in [4.69, 9.17) is 5.26 Å². The van der Waals surface area contributed by atoms with Crippen molar-refractivity contribution in [2.45, 2.75) is 52.5 Å². The van der Waals surface area contributed by atoms with Gasteiger partial charge in [0.15, 0.2) is 0 Å². The molecule has 1 heterocycles. The van der Waals surface area contributed by atoms with Gasteiger partial charge in [-0.25, -0.2) is 0 Å². The molecule has 0 aromatic rings. The van der Waals surface area contributed by atoms with E-state index < -0.39 is 0 Å². The highest BCUT2D eigenvalue weighted by Crippen LogP contribution is 2.31. The lowest BCUT2D eigenvalue weighted by Gasteiger charge is -2.44. The summed E-state index contributed by atoms with van der Waals surface area (Å²) in [7, 11) is 0. The first-order valence-corrected chi connectivity index (χ1v) is 6.10. The van der Waals surface area contributed by atoms with Crippen LogP contribution in [-0.2, 0) is 0 Å². The Labute approximate surface area is 94.3 Å². The first-order chi connectivity index (χ1) is 6.95. The zero-order valence-corrected chi connectivity index (χ0v) is 10.6. The molecule has 1 atom stereocenters. The number of likely N-dealkylation sites (tertiary alicyclic amines) is 1. The van der Waals surface area contributed by atoms with Crippen LogP contribution >= 0.6 is 0 Å². The Morgan fingerprint density at radius 1 is 1.47 bits per heavy atom. The van der Waals surface area contributed by atoms with Gasteiger partial charge in [-0.1, -0.05) is 13.8 Å². The van der Waals surface area contributed by atoms with Crippen LogP contribution < -0.4 is 0 Å². The minimum atomic E-state index is 0.216. The van der Waals surface area contributed by atoms with Gasteiger partial charge in [-0.05, 0) is 52.1 Å². The quantitative estimate of drug-likeness (QED) is 0.713. The predicted octanol–water partition coefficient (Wildman–Crippen LogP) is 3.05. The second-order valence-electron chi connectivity index (χ2n) is 5.80. The van der Waals surface area contributed by atoms with Gasteiger partial charge in [-0.15, -0.1) is 0 Å². The summed E-state index contributed by atoms with van der Waals surface area (Å²) in [6, 6.07) is 2.42. The van der Waals surface area contributed by atoms with Gasteiger partial charge >= 0.3 is 0 Å². The smallest absolute Gasteiger partial charge is 0.0657 e. The molecule has 1 unspecified atom stereocenters. The van der Waals surface area contributed by atoms with Crippen LogP contribution in [0.15, 0.2) is 0 Å². The van der Waals surface area contributed by atoms with Gasteiger partial charge in [0.2, 0.25) is 0 Å². The van der Waals surface area contributed by atoms with E-state index in [0.717, 1.165) is 25.3 Å². The monoisotopic (exact) mass is 208 g/mol. The van der Waals surface area contributed by atoms with Crippen molar-refractivity contribution < 1.29 is 0 Å². The topological polar surface area (TPSA) is 27.0 Å². The summed E-state index contributed by atoms with van der Waals surface area (Å²) in [6.07, 6.45) is 3.35. The summed E-state index contributed by atoms with van der Waals surface area (Å²) >= 11 is 0. The third-order valence-corrected chi connectivity index (χ3v) is 3.51. The maximum absolute atomic E-state index is 8.96. The van der Waals surface area contributed by atoms with Crippen molar-refractivity contribution in [2.75, 3.05) is 13.1 Å². The molecule has 0 amide bonds. The van der Waals surface area contributed by atoms with Gasteiger partial charge in [-0.2, -0.15) is 5.26 Å². The van der Waals surface area contributed by atoms with Crippen molar-refractivity contribution in [2.24, 2.45) is 11.8 Å². The molecule has 0 aromatic heterocycles. The van der Waals surface area contributed by atoms with Crippen LogP contribution in [0.5, 0.6) is 0 Å². The van der Waals surface area contributed by atoms with E-state index >= 15 is 0 Å². The Hall–Kier alpha value is -0.550. The fourth-order valence-corrected chi connectivity index (χ4v) is 2.39.